The molecule has 0 aromatic heterocycles. The highest BCUT2D eigenvalue weighted by Gasteiger charge is 2.00. The minimum atomic E-state index is -0.759. The Balaban J connectivity index is 2.55. The van der Waals surface area contributed by atoms with E-state index < -0.39 is 17.5 Å². The van der Waals surface area contributed by atoms with Crippen LogP contribution in [0.5, 0.6) is 5.75 Å². The summed E-state index contributed by atoms with van der Waals surface area (Å²) in [6.45, 7) is 0.0314. The van der Waals surface area contributed by atoms with Gasteiger partial charge in [0.2, 0.25) is 0 Å². The molecule has 0 radical (unpaired) electrons. The summed E-state index contributed by atoms with van der Waals surface area (Å²) in [7, 11) is 0. The molecular formula is C12H10FNO3. The maximum atomic E-state index is 12.9. The lowest BCUT2D eigenvalue weighted by Crippen LogP contribution is -2.01. The second kappa shape index (κ2) is 6.28. The van der Waals surface area contributed by atoms with E-state index >= 15 is 0 Å². The molecule has 0 aliphatic heterocycles. The van der Waals surface area contributed by atoms with Gasteiger partial charge in [-0.2, -0.15) is 5.26 Å². The molecule has 17 heavy (non-hydrogen) atoms. The SMILES string of the molecule is N#CCCOC(=O)/C=C/c1ccc(O)c(F)c1. The number of carbonyl (C=O) groups excluding carboxylic acids is 1. The lowest BCUT2D eigenvalue weighted by molar-refractivity contribution is -0.137. The number of phenolic OH excluding ortho intramolecular Hbond substituents is 1. The van der Waals surface area contributed by atoms with Gasteiger partial charge in [0.1, 0.15) is 6.61 Å². The molecule has 1 N–H and O–H groups in total. The average molecular weight is 235 g/mol. The van der Waals surface area contributed by atoms with Crippen LogP contribution in [0.4, 0.5) is 4.39 Å². The molecule has 88 valence electrons. The van der Waals surface area contributed by atoms with Gasteiger partial charge in [-0.15, -0.1) is 0 Å². The van der Waals surface area contributed by atoms with Gasteiger partial charge in [0.05, 0.1) is 12.5 Å². The van der Waals surface area contributed by atoms with Crippen molar-refractivity contribution in [3.05, 3.63) is 35.7 Å². The molecule has 0 bridgehead atoms. The number of esters is 1. The zero-order chi connectivity index (χ0) is 12.7. The summed E-state index contributed by atoms with van der Waals surface area (Å²) < 4.78 is 17.6. The zero-order valence-corrected chi connectivity index (χ0v) is 8.89. The fourth-order valence-corrected chi connectivity index (χ4v) is 1.04. The van der Waals surface area contributed by atoms with E-state index in [9.17, 15) is 9.18 Å². The van der Waals surface area contributed by atoms with Crippen molar-refractivity contribution in [3.63, 3.8) is 0 Å². The largest absolute Gasteiger partial charge is 0.505 e. The molecule has 0 saturated heterocycles. The molecule has 0 aliphatic carbocycles. The summed E-state index contributed by atoms with van der Waals surface area (Å²) in [4.78, 5) is 11.1. The maximum absolute atomic E-state index is 12.9. The Bertz CT molecular complexity index is 477. The second-order valence-electron chi connectivity index (χ2n) is 3.12. The van der Waals surface area contributed by atoms with Crippen LogP contribution in [-0.4, -0.2) is 17.7 Å². The summed E-state index contributed by atoms with van der Waals surface area (Å²) >= 11 is 0. The molecule has 0 unspecified atom stereocenters. The van der Waals surface area contributed by atoms with Crippen molar-refractivity contribution in [1.29, 1.82) is 5.26 Å². The first-order valence-corrected chi connectivity index (χ1v) is 4.84. The average Bonchev–Trinajstić information content (AvgIpc) is 2.31. The van der Waals surface area contributed by atoms with E-state index in [1.807, 2.05) is 6.07 Å². The monoisotopic (exact) mass is 235 g/mol. The molecule has 4 nitrogen and oxygen atoms in total. The van der Waals surface area contributed by atoms with E-state index in [0.717, 1.165) is 12.1 Å². The van der Waals surface area contributed by atoms with Crippen LogP contribution in [0.1, 0.15) is 12.0 Å². The fraction of sp³-hybridized carbons (Fsp3) is 0.167. The molecule has 1 aromatic carbocycles. The topological polar surface area (TPSA) is 70.3 Å². The van der Waals surface area contributed by atoms with Gasteiger partial charge >= 0.3 is 5.97 Å². The third kappa shape index (κ3) is 4.34. The van der Waals surface area contributed by atoms with Crippen molar-refractivity contribution in [3.8, 4) is 11.8 Å². The predicted octanol–water partition coefficient (Wildman–Crippen LogP) is 2.00. The minimum Gasteiger partial charge on any atom is -0.505 e. The van der Waals surface area contributed by atoms with Crippen molar-refractivity contribution in [2.24, 2.45) is 0 Å². The van der Waals surface area contributed by atoms with Gasteiger partial charge in [0.15, 0.2) is 11.6 Å². The highest BCUT2D eigenvalue weighted by Crippen LogP contribution is 2.16. The summed E-state index contributed by atoms with van der Waals surface area (Å²) in [5, 5.41) is 17.2. The lowest BCUT2D eigenvalue weighted by Gasteiger charge is -1.98. The van der Waals surface area contributed by atoms with Gasteiger partial charge in [0.25, 0.3) is 0 Å². The number of nitrogens with zero attached hydrogens (tertiary/aromatic N) is 1. The Morgan fingerprint density at radius 1 is 1.59 bits per heavy atom. The fourth-order valence-electron chi connectivity index (χ4n) is 1.04. The molecule has 0 saturated carbocycles. The Morgan fingerprint density at radius 3 is 3.00 bits per heavy atom. The Morgan fingerprint density at radius 2 is 2.35 bits per heavy atom. The number of hydrogen-bond donors (Lipinski definition) is 1. The third-order valence-corrected chi connectivity index (χ3v) is 1.84. The number of nitriles is 1. The van der Waals surface area contributed by atoms with Gasteiger partial charge in [-0.3, -0.25) is 0 Å². The predicted molar refractivity (Wildman–Crippen MR) is 58.3 cm³/mol. The minimum absolute atomic E-state index is 0.0314. The third-order valence-electron chi connectivity index (χ3n) is 1.84. The molecule has 0 aliphatic rings. The van der Waals surface area contributed by atoms with Crippen molar-refractivity contribution in [2.45, 2.75) is 6.42 Å². The first-order valence-electron chi connectivity index (χ1n) is 4.84. The van der Waals surface area contributed by atoms with Crippen molar-refractivity contribution in [2.75, 3.05) is 6.61 Å². The van der Waals surface area contributed by atoms with Crippen LogP contribution in [0.3, 0.4) is 0 Å². The summed E-state index contributed by atoms with van der Waals surface area (Å²) in [6.07, 6.45) is 2.62. The number of carbonyl (C=O) groups is 1. The Labute approximate surface area is 97.6 Å². The maximum Gasteiger partial charge on any atom is 0.330 e. The van der Waals surface area contributed by atoms with Crippen molar-refractivity contribution >= 4 is 12.0 Å². The van der Waals surface area contributed by atoms with Crippen LogP contribution in [0.25, 0.3) is 6.08 Å². The van der Waals surface area contributed by atoms with Crippen molar-refractivity contribution in [1.82, 2.24) is 0 Å². The quantitative estimate of drug-likeness (QED) is 0.492. The highest BCUT2D eigenvalue weighted by atomic mass is 19.1. The first-order chi connectivity index (χ1) is 8.13. The molecule has 0 atom stereocenters. The van der Waals surface area contributed by atoms with E-state index in [0.29, 0.717) is 5.56 Å². The van der Waals surface area contributed by atoms with E-state index in [1.54, 1.807) is 0 Å². The highest BCUT2D eigenvalue weighted by molar-refractivity contribution is 5.87. The summed E-state index contributed by atoms with van der Waals surface area (Å²) in [6, 6.07) is 5.57. The van der Waals surface area contributed by atoms with Crippen LogP contribution in [0.15, 0.2) is 24.3 Å². The van der Waals surface area contributed by atoms with E-state index in [-0.39, 0.29) is 13.0 Å². The number of rotatable bonds is 4. The zero-order valence-electron chi connectivity index (χ0n) is 8.89. The number of ether oxygens (including phenoxy) is 1. The standard InChI is InChI=1S/C12H10FNO3/c13-10-8-9(2-4-11(10)15)3-5-12(16)17-7-1-6-14/h2-5,8,15H,1,7H2/b5-3+. The van der Waals surface area contributed by atoms with Gasteiger partial charge in [-0.25, -0.2) is 9.18 Å². The number of hydrogen-bond acceptors (Lipinski definition) is 4. The Kier molecular flexibility index (Phi) is 4.70. The molecule has 1 aromatic rings. The normalized spacial score (nSPS) is 10.1. The summed E-state index contributed by atoms with van der Waals surface area (Å²) in [5.41, 5.74) is 0.428. The van der Waals surface area contributed by atoms with Crippen LogP contribution in [0, 0.1) is 17.1 Å². The van der Waals surface area contributed by atoms with E-state index in [1.165, 1.54) is 18.2 Å². The molecule has 1 rings (SSSR count). The lowest BCUT2D eigenvalue weighted by atomic mass is 10.2. The van der Waals surface area contributed by atoms with Crippen LogP contribution < -0.4 is 0 Å². The summed E-state index contributed by atoms with van der Waals surface area (Å²) in [5.74, 6) is -1.81. The number of halogens is 1. The van der Waals surface area contributed by atoms with Crippen LogP contribution in [-0.2, 0) is 9.53 Å². The van der Waals surface area contributed by atoms with Gasteiger partial charge < -0.3 is 9.84 Å². The van der Waals surface area contributed by atoms with Crippen molar-refractivity contribution < 1.29 is 19.0 Å². The van der Waals surface area contributed by atoms with Crippen LogP contribution in [0.2, 0.25) is 0 Å². The second-order valence-corrected chi connectivity index (χ2v) is 3.12. The van der Waals surface area contributed by atoms with Crippen LogP contribution >= 0.6 is 0 Å². The number of phenols is 1. The van der Waals surface area contributed by atoms with E-state index in [2.05, 4.69) is 4.74 Å². The molecule has 0 amide bonds. The van der Waals surface area contributed by atoms with Gasteiger partial charge in [-0.1, -0.05) is 6.07 Å². The molecule has 0 heterocycles. The smallest absolute Gasteiger partial charge is 0.330 e. The first kappa shape index (κ1) is 12.7. The molecule has 0 spiro atoms. The van der Waals surface area contributed by atoms with E-state index in [4.69, 9.17) is 10.4 Å². The molecule has 5 heteroatoms. The number of benzene rings is 1. The van der Waals surface area contributed by atoms with Gasteiger partial charge in [-0.05, 0) is 23.8 Å². The Hall–Kier alpha value is -2.35. The van der Waals surface area contributed by atoms with Gasteiger partial charge in [0, 0.05) is 6.08 Å². The molecule has 0 fully saturated rings. The molecular weight excluding hydrogens is 225 g/mol. The number of aromatic hydroxyl groups is 1.